The van der Waals surface area contributed by atoms with Crippen molar-refractivity contribution in [1.29, 1.82) is 0 Å². The Kier molecular flexibility index (Phi) is 7.72. The second-order valence-corrected chi connectivity index (χ2v) is 11.6. The van der Waals surface area contributed by atoms with E-state index >= 15 is 0 Å². The predicted molar refractivity (Wildman–Crippen MR) is 157 cm³/mol. The summed E-state index contributed by atoms with van der Waals surface area (Å²) in [5, 5.41) is 0. The molecule has 4 aromatic carbocycles. The number of nitrogens with zero attached hydrogens (tertiary/aromatic N) is 1. The van der Waals surface area contributed by atoms with Crippen LogP contribution in [0.15, 0.2) is 97.1 Å². The number of amides is 1. The first-order valence-corrected chi connectivity index (χ1v) is 14.5. The molecule has 6 heteroatoms. The number of benzene rings is 4. The van der Waals surface area contributed by atoms with Crippen LogP contribution in [0, 0.1) is 23.4 Å². The molecule has 0 bridgehead atoms. The van der Waals surface area contributed by atoms with Gasteiger partial charge in [0.25, 0.3) is 5.91 Å². The fourth-order valence-electron chi connectivity index (χ4n) is 6.41. The SMILES string of the molecule is O=C(c1ccc(-c2ccc(F)cc2)cc1)N1CCC(C(=O)C[C@@H](c2cccc(F)c2)C2CC2)(c2ccc(F)cc2)CC1. The van der Waals surface area contributed by atoms with E-state index in [0.29, 0.717) is 37.4 Å². The average Bonchev–Trinajstić information content (AvgIpc) is 3.86. The minimum Gasteiger partial charge on any atom is -0.339 e. The summed E-state index contributed by atoms with van der Waals surface area (Å²) in [6, 6.07) is 26.1. The third kappa shape index (κ3) is 5.76. The normalized spacial score (nSPS) is 17.1. The molecule has 3 nitrogen and oxygen atoms in total. The lowest BCUT2D eigenvalue weighted by Crippen LogP contribution is -2.49. The van der Waals surface area contributed by atoms with Gasteiger partial charge in [0.1, 0.15) is 23.2 Å². The maximum Gasteiger partial charge on any atom is 0.253 e. The second-order valence-electron chi connectivity index (χ2n) is 11.6. The zero-order chi connectivity index (χ0) is 29.3. The molecule has 1 saturated heterocycles. The van der Waals surface area contributed by atoms with Crippen molar-refractivity contribution in [2.45, 2.75) is 43.4 Å². The van der Waals surface area contributed by atoms with E-state index in [1.165, 1.54) is 36.4 Å². The van der Waals surface area contributed by atoms with Crippen LogP contribution in [0.3, 0.4) is 0 Å². The number of halogens is 3. The lowest BCUT2D eigenvalue weighted by atomic mass is 9.67. The number of piperidine rings is 1. The van der Waals surface area contributed by atoms with E-state index in [1.807, 2.05) is 18.2 Å². The van der Waals surface area contributed by atoms with Crippen LogP contribution in [0.4, 0.5) is 13.2 Å². The average molecular weight is 568 g/mol. The molecule has 0 N–H and O–H groups in total. The van der Waals surface area contributed by atoms with Crippen molar-refractivity contribution in [3.05, 3.63) is 131 Å². The topological polar surface area (TPSA) is 37.4 Å². The van der Waals surface area contributed by atoms with Crippen molar-refractivity contribution in [1.82, 2.24) is 4.90 Å². The number of Topliss-reactive ketones (excluding diaryl/α,β-unsaturated/α-hetero) is 1. The zero-order valence-electron chi connectivity index (χ0n) is 23.2. The van der Waals surface area contributed by atoms with Crippen molar-refractivity contribution >= 4 is 11.7 Å². The minimum atomic E-state index is -0.850. The van der Waals surface area contributed by atoms with Crippen LogP contribution >= 0.6 is 0 Å². The molecule has 1 aliphatic heterocycles. The highest BCUT2D eigenvalue weighted by atomic mass is 19.1. The Morgan fingerprint density at radius 1 is 0.738 bits per heavy atom. The Morgan fingerprint density at radius 2 is 1.31 bits per heavy atom. The number of likely N-dealkylation sites (tertiary alicyclic amines) is 1. The molecule has 1 atom stereocenters. The first-order valence-electron chi connectivity index (χ1n) is 14.5. The molecular weight excluding hydrogens is 535 g/mol. The zero-order valence-corrected chi connectivity index (χ0v) is 23.2. The molecule has 2 fully saturated rings. The maximum absolute atomic E-state index is 14.2. The number of carbonyl (C=O) groups is 2. The van der Waals surface area contributed by atoms with E-state index in [9.17, 15) is 22.8 Å². The fourth-order valence-corrected chi connectivity index (χ4v) is 6.41. The highest BCUT2D eigenvalue weighted by Gasteiger charge is 2.45. The summed E-state index contributed by atoms with van der Waals surface area (Å²) in [7, 11) is 0. The second kappa shape index (κ2) is 11.6. The van der Waals surface area contributed by atoms with Crippen LogP contribution in [0.2, 0.25) is 0 Å². The maximum atomic E-state index is 14.2. The van der Waals surface area contributed by atoms with Gasteiger partial charge in [-0.1, -0.05) is 48.5 Å². The predicted octanol–water partition coefficient (Wildman–Crippen LogP) is 8.10. The number of hydrogen-bond donors (Lipinski definition) is 0. The summed E-state index contributed by atoms with van der Waals surface area (Å²) in [6.45, 7) is 0.769. The molecule has 0 aromatic heterocycles. The molecule has 1 saturated carbocycles. The van der Waals surface area contributed by atoms with Crippen LogP contribution in [0.1, 0.15) is 59.5 Å². The summed E-state index contributed by atoms with van der Waals surface area (Å²) >= 11 is 0. The molecule has 1 amide bonds. The highest BCUT2D eigenvalue weighted by Crippen LogP contribution is 2.47. The molecular formula is C36H32F3NO2. The van der Waals surface area contributed by atoms with Crippen LogP contribution in [0.5, 0.6) is 0 Å². The van der Waals surface area contributed by atoms with Gasteiger partial charge in [-0.2, -0.15) is 0 Å². The molecule has 0 spiro atoms. The Morgan fingerprint density at radius 3 is 1.88 bits per heavy atom. The largest absolute Gasteiger partial charge is 0.339 e. The third-order valence-corrected chi connectivity index (χ3v) is 9.02. The highest BCUT2D eigenvalue weighted by molar-refractivity contribution is 5.96. The summed E-state index contributed by atoms with van der Waals surface area (Å²) in [5.74, 6) is -0.749. The van der Waals surface area contributed by atoms with Crippen molar-refractivity contribution < 1.29 is 22.8 Å². The van der Waals surface area contributed by atoms with E-state index in [4.69, 9.17) is 0 Å². The Bertz CT molecular complexity index is 1570. The van der Waals surface area contributed by atoms with Gasteiger partial charge in [-0.3, -0.25) is 9.59 Å². The van der Waals surface area contributed by atoms with Gasteiger partial charge in [-0.05, 0) is 108 Å². The van der Waals surface area contributed by atoms with E-state index in [1.54, 1.807) is 47.4 Å². The van der Waals surface area contributed by atoms with Gasteiger partial charge in [0.2, 0.25) is 0 Å². The van der Waals surface area contributed by atoms with E-state index in [0.717, 1.165) is 35.1 Å². The fraction of sp³-hybridized carbons (Fsp3) is 0.278. The van der Waals surface area contributed by atoms with E-state index in [-0.39, 0.29) is 41.5 Å². The molecule has 1 aliphatic carbocycles. The van der Waals surface area contributed by atoms with Gasteiger partial charge in [-0.25, -0.2) is 13.2 Å². The van der Waals surface area contributed by atoms with Gasteiger partial charge < -0.3 is 4.90 Å². The van der Waals surface area contributed by atoms with Crippen molar-refractivity contribution in [3.8, 4) is 11.1 Å². The Labute approximate surface area is 244 Å². The standard InChI is InChI=1S/C36H32F3NO2/c37-30-14-10-25(11-15-30)24-4-8-27(9-5-24)35(42)40-20-18-36(19-21-40,29-12-16-31(38)17-13-29)34(41)23-33(26-6-7-26)28-2-1-3-32(39)22-28/h1-5,8-17,22,26,33H,6-7,18-21,23H2/t33-/m1/s1. The molecule has 6 rings (SSSR count). The summed E-state index contributed by atoms with van der Waals surface area (Å²) in [5.41, 5.74) is 3.04. The smallest absolute Gasteiger partial charge is 0.253 e. The molecule has 0 radical (unpaired) electrons. The summed E-state index contributed by atoms with van der Waals surface area (Å²) in [4.78, 5) is 29.5. The molecule has 4 aromatic rings. The number of hydrogen-bond acceptors (Lipinski definition) is 2. The molecule has 2 aliphatic rings. The first-order chi connectivity index (χ1) is 20.3. The minimum absolute atomic E-state index is 0.0611. The van der Waals surface area contributed by atoms with Gasteiger partial charge >= 0.3 is 0 Å². The van der Waals surface area contributed by atoms with Crippen LogP contribution in [-0.4, -0.2) is 29.7 Å². The Balaban J connectivity index is 1.21. The monoisotopic (exact) mass is 567 g/mol. The quantitative estimate of drug-likeness (QED) is 0.216. The van der Waals surface area contributed by atoms with E-state index < -0.39 is 5.41 Å². The lowest BCUT2D eigenvalue weighted by Gasteiger charge is -2.42. The van der Waals surface area contributed by atoms with Gasteiger partial charge in [0, 0.05) is 25.1 Å². The van der Waals surface area contributed by atoms with Gasteiger partial charge in [-0.15, -0.1) is 0 Å². The molecule has 1 heterocycles. The van der Waals surface area contributed by atoms with Crippen LogP contribution in [0.25, 0.3) is 11.1 Å². The lowest BCUT2D eigenvalue weighted by molar-refractivity contribution is -0.126. The van der Waals surface area contributed by atoms with Crippen LogP contribution < -0.4 is 0 Å². The number of ketones is 1. The molecule has 42 heavy (non-hydrogen) atoms. The van der Waals surface area contributed by atoms with Gasteiger partial charge in [0.15, 0.2) is 0 Å². The van der Waals surface area contributed by atoms with E-state index in [2.05, 4.69) is 0 Å². The van der Waals surface area contributed by atoms with Crippen molar-refractivity contribution in [2.24, 2.45) is 5.92 Å². The Hall–Kier alpha value is -4.19. The number of rotatable bonds is 8. The van der Waals surface area contributed by atoms with Crippen molar-refractivity contribution in [2.75, 3.05) is 13.1 Å². The van der Waals surface area contributed by atoms with Gasteiger partial charge in [0.05, 0.1) is 5.41 Å². The summed E-state index contributed by atoms with van der Waals surface area (Å²) in [6.07, 6.45) is 3.17. The third-order valence-electron chi connectivity index (χ3n) is 9.02. The number of carbonyl (C=O) groups excluding carboxylic acids is 2. The first kappa shape index (κ1) is 28.0. The summed E-state index contributed by atoms with van der Waals surface area (Å²) < 4.78 is 41.3. The van der Waals surface area contributed by atoms with Crippen molar-refractivity contribution in [3.63, 3.8) is 0 Å². The van der Waals surface area contributed by atoms with Crippen LogP contribution in [-0.2, 0) is 10.2 Å². The molecule has 214 valence electrons. The molecule has 0 unspecified atom stereocenters.